The first-order valence-electron chi connectivity index (χ1n) is 11.1. The Morgan fingerprint density at radius 3 is 2.55 bits per heavy atom. The summed E-state index contributed by atoms with van der Waals surface area (Å²) in [7, 11) is 0. The third-order valence-corrected chi connectivity index (χ3v) is 5.58. The fourth-order valence-corrected chi connectivity index (χ4v) is 3.73. The van der Waals surface area contributed by atoms with E-state index in [9.17, 15) is 4.79 Å². The number of nitrogens with zero attached hydrogens (tertiary/aromatic N) is 4. The van der Waals surface area contributed by atoms with Gasteiger partial charge in [-0.25, -0.2) is 0 Å². The predicted molar refractivity (Wildman–Crippen MR) is 129 cm³/mol. The summed E-state index contributed by atoms with van der Waals surface area (Å²) in [6.07, 6.45) is 6.13. The molecule has 1 fully saturated rings. The van der Waals surface area contributed by atoms with Gasteiger partial charge >= 0.3 is 0 Å². The lowest BCUT2D eigenvalue weighted by Crippen LogP contribution is -2.34. The summed E-state index contributed by atoms with van der Waals surface area (Å²) in [5, 5.41) is 8.97. The van der Waals surface area contributed by atoms with Crippen LogP contribution in [0.2, 0.25) is 0 Å². The number of amides is 1. The van der Waals surface area contributed by atoms with Crippen molar-refractivity contribution in [1.29, 1.82) is 5.26 Å². The van der Waals surface area contributed by atoms with Crippen molar-refractivity contribution in [3.63, 3.8) is 0 Å². The van der Waals surface area contributed by atoms with Crippen molar-refractivity contribution in [2.45, 2.75) is 13.0 Å². The maximum absolute atomic E-state index is 12.7. The number of benzene rings is 2. The van der Waals surface area contributed by atoms with Gasteiger partial charge in [0, 0.05) is 44.1 Å². The zero-order valence-electron chi connectivity index (χ0n) is 18.4. The molecule has 4 rings (SSSR count). The topological polar surface area (TPSA) is 69.5 Å². The minimum Gasteiger partial charge on any atom is -0.487 e. The lowest BCUT2D eigenvalue weighted by atomic mass is 10.2. The molecule has 0 radical (unpaired) electrons. The van der Waals surface area contributed by atoms with Crippen LogP contribution in [0.15, 0.2) is 79.0 Å². The van der Waals surface area contributed by atoms with E-state index in [1.165, 1.54) is 0 Å². The molecule has 0 saturated carbocycles. The quantitative estimate of drug-likeness (QED) is 0.537. The van der Waals surface area contributed by atoms with Crippen molar-refractivity contribution < 1.29 is 9.53 Å². The monoisotopic (exact) mass is 438 g/mol. The highest BCUT2D eigenvalue weighted by molar-refractivity contribution is 5.91. The standard InChI is InChI=1S/C27H26N4O2/c28-20-23-5-10-25(11-6-23)30-16-3-17-31(19-18-30)27(32)14-9-22-7-12-26(13-8-22)33-21-24-4-1-2-15-29-24/h1-2,4-15H,3,16-19,21H2/b14-9+. The lowest BCUT2D eigenvalue weighted by Gasteiger charge is -2.23. The van der Waals surface area contributed by atoms with Gasteiger partial charge in [-0.2, -0.15) is 5.26 Å². The van der Waals surface area contributed by atoms with E-state index in [1.807, 2.05) is 77.7 Å². The van der Waals surface area contributed by atoms with Crippen LogP contribution >= 0.6 is 0 Å². The van der Waals surface area contributed by atoms with Crippen LogP contribution in [0.3, 0.4) is 0 Å². The van der Waals surface area contributed by atoms with Crippen LogP contribution in [-0.4, -0.2) is 42.0 Å². The van der Waals surface area contributed by atoms with Gasteiger partial charge in [0.25, 0.3) is 0 Å². The molecule has 0 spiro atoms. The Morgan fingerprint density at radius 2 is 1.82 bits per heavy atom. The number of hydrogen-bond donors (Lipinski definition) is 0. The van der Waals surface area contributed by atoms with E-state index in [1.54, 1.807) is 12.3 Å². The minimum atomic E-state index is 0.0205. The molecule has 1 aliphatic rings. The number of nitriles is 1. The Morgan fingerprint density at radius 1 is 1.00 bits per heavy atom. The van der Waals surface area contributed by atoms with Crippen molar-refractivity contribution in [3.05, 3.63) is 95.8 Å². The van der Waals surface area contributed by atoms with Gasteiger partial charge in [-0.15, -0.1) is 0 Å². The molecule has 166 valence electrons. The minimum absolute atomic E-state index is 0.0205. The molecular weight excluding hydrogens is 412 g/mol. The van der Waals surface area contributed by atoms with Crippen molar-refractivity contribution in [2.24, 2.45) is 0 Å². The number of carbonyl (C=O) groups excluding carboxylic acids is 1. The molecular formula is C27H26N4O2. The zero-order valence-corrected chi connectivity index (χ0v) is 18.4. The van der Waals surface area contributed by atoms with Crippen LogP contribution in [0, 0.1) is 11.3 Å². The van der Waals surface area contributed by atoms with Crippen LogP contribution in [-0.2, 0) is 11.4 Å². The average molecular weight is 439 g/mol. The van der Waals surface area contributed by atoms with Crippen molar-refractivity contribution in [3.8, 4) is 11.8 Å². The molecule has 0 atom stereocenters. The fourth-order valence-electron chi connectivity index (χ4n) is 3.73. The third-order valence-electron chi connectivity index (χ3n) is 5.58. The summed E-state index contributed by atoms with van der Waals surface area (Å²) in [4.78, 5) is 21.1. The SMILES string of the molecule is N#Cc1ccc(N2CCCN(C(=O)/C=C/c3ccc(OCc4ccccn4)cc3)CC2)cc1. The van der Waals surface area contributed by atoms with Crippen LogP contribution in [0.5, 0.6) is 5.75 Å². The maximum atomic E-state index is 12.7. The van der Waals surface area contributed by atoms with Crippen LogP contribution in [0.1, 0.15) is 23.2 Å². The Balaban J connectivity index is 1.28. The van der Waals surface area contributed by atoms with Gasteiger partial charge in [0.15, 0.2) is 0 Å². The van der Waals surface area contributed by atoms with Crippen molar-refractivity contribution >= 4 is 17.7 Å². The number of carbonyl (C=O) groups is 1. The molecule has 33 heavy (non-hydrogen) atoms. The predicted octanol–water partition coefficient (Wildman–Crippen LogP) is 4.28. The summed E-state index contributed by atoms with van der Waals surface area (Å²) < 4.78 is 5.76. The molecule has 6 heteroatoms. The van der Waals surface area contributed by atoms with Crippen LogP contribution in [0.4, 0.5) is 5.69 Å². The van der Waals surface area contributed by atoms with E-state index in [0.29, 0.717) is 18.7 Å². The van der Waals surface area contributed by atoms with Crippen molar-refractivity contribution in [2.75, 3.05) is 31.1 Å². The first-order chi connectivity index (χ1) is 16.2. The van der Waals surface area contributed by atoms with Gasteiger partial charge in [0.2, 0.25) is 5.91 Å². The second-order valence-electron chi connectivity index (χ2n) is 7.84. The summed E-state index contributed by atoms with van der Waals surface area (Å²) >= 11 is 0. The number of anilines is 1. The Bertz CT molecular complexity index is 1120. The summed E-state index contributed by atoms with van der Waals surface area (Å²) in [6, 6.07) is 23.2. The van der Waals surface area contributed by atoms with Gasteiger partial charge in [0.05, 0.1) is 17.3 Å². The van der Waals surface area contributed by atoms with E-state index < -0.39 is 0 Å². The smallest absolute Gasteiger partial charge is 0.246 e. The van der Waals surface area contributed by atoms with E-state index in [0.717, 1.165) is 48.7 Å². The maximum Gasteiger partial charge on any atom is 0.246 e. The average Bonchev–Trinajstić information content (AvgIpc) is 3.14. The molecule has 1 aliphatic heterocycles. The van der Waals surface area contributed by atoms with Gasteiger partial charge in [0.1, 0.15) is 12.4 Å². The summed E-state index contributed by atoms with van der Waals surface area (Å²) in [5.41, 5.74) is 3.57. The molecule has 1 saturated heterocycles. The van der Waals surface area contributed by atoms with E-state index in [4.69, 9.17) is 10.00 Å². The highest BCUT2D eigenvalue weighted by Crippen LogP contribution is 2.18. The van der Waals surface area contributed by atoms with Gasteiger partial charge in [-0.1, -0.05) is 18.2 Å². The lowest BCUT2D eigenvalue weighted by molar-refractivity contribution is -0.125. The fraction of sp³-hybridized carbons (Fsp3) is 0.222. The number of hydrogen-bond acceptors (Lipinski definition) is 5. The second kappa shape index (κ2) is 11.0. The molecule has 1 amide bonds. The van der Waals surface area contributed by atoms with E-state index in [2.05, 4.69) is 16.0 Å². The van der Waals surface area contributed by atoms with E-state index >= 15 is 0 Å². The third kappa shape index (κ3) is 6.20. The molecule has 0 N–H and O–H groups in total. The van der Waals surface area contributed by atoms with Gasteiger partial charge in [-0.3, -0.25) is 9.78 Å². The van der Waals surface area contributed by atoms with Crippen LogP contribution < -0.4 is 9.64 Å². The second-order valence-corrected chi connectivity index (χ2v) is 7.84. The highest BCUT2D eigenvalue weighted by atomic mass is 16.5. The molecule has 2 aromatic carbocycles. The molecule has 3 aromatic rings. The number of ether oxygens (including phenoxy) is 1. The van der Waals surface area contributed by atoms with Gasteiger partial charge < -0.3 is 14.5 Å². The normalized spacial score (nSPS) is 14.0. The first-order valence-corrected chi connectivity index (χ1v) is 11.1. The number of rotatable bonds is 6. The molecule has 2 heterocycles. The first kappa shape index (κ1) is 22.1. The summed E-state index contributed by atoms with van der Waals surface area (Å²) in [6.45, 7) is 3.48. The van der Waals surface area contributed by atoms with Crippen LogP contribution in [0.25, 0.3) is 6.08 Å². The van der Waals surface area contributed by atoms with Gasteiger partial charge in [-0.05, 0) is 66.6 Å². The largest absolute Gasteiger partial charge is 0.487 e. The zero-order chi connectivity index (χ0) is 22.9. The molecule has 0 aliphatic carbocycles. The molecule has 0 bridgehead atoms. The van der Waals surface area contributed by atoms with Crippen molar-refractivity contribution in [1.82, 2.24) is 9.88 Å². The molecule has 0 unspecified atom stereocenters. The summed E-state index contributed by atoms with van der Waals surface area (Å²) in [5.74, 6) is 0.784. The molecule has 6 nitrogen and oxygen atoms in total. The number of aromatic nitrogens is 1. The Hall–Kier alpha value is -4.11. The molecule has 1 aromatic heterocycles. The highest BCUT2D eigenvalue weighted by Gasteiger charge is 2.17. The number of pyridine rings is 1. The van der Waals surface area contributed by atoms with E-state index in [-0.39, 0.29) is 5.91 Å². The Labute approximate surface area is 194 Å². The Kier molecular flexibility index (Phi) is 7.34.